The molecular weight excluding hydrogens is 356 g/mol. The standard InChI is InChI=1S/C17H18N4O4S/c1-21(2)12-5-3-11(4-6-12)10-18-26(24,25)13-7-8-15-14(9-13)16(22)20-17(23)19-15/h3-9,18H,10H2,1-2H3,(H2,19,20,22,23). The maximum absolute atomic E-state index is 12.5. The van der Waals surface area contributed by atoms with Gasteiger partial charge in [-0.05, 0) is 35.9 Å². The molecule has 2 aromatic carbocycles. The van der Waals surface area contributed by atoms with Crippen LogP contribution in [0, 0.1) is 0 Å². The number of rotatable bonds is 5. The number of aromatic nitrogens is 2. The average molecular weight is 374 g/mol. The summed E-state index contributed by atoms with van der Waals surface area (Å²) in [5.41, 5.74) is 0.816. The van der Waals surface area contributed by atoms with Crippen LogP contribution < -0.4 is 20.9 Å². The fourth-order valence-corrected chi connectivity index (χ4v) is 3.53. The van der Waals surface area contributed by atoms with Gasteiger partial charge >= 0.3 is 5.69 Å². The molecular formula is C17H18N4O4S. The summed E-state index contributed by atoms with van der Waals surface area (Å²) in [6, 6.07) is 11.5. The van der Waals surface area contributed by atoms with Gasteiger partial charge in [-0.2, -0.15) is 0 Å². The van der Waals surface area contributed by atoms with Gasteiger partial charge in [0.25, 0.3) is 5.56 Å². The number of hydrogen-bond donors (Lipinski definition) is 3. The van der Waals surface area contributed by atoms with E-state index in [-0.39, 0.29) is 22.3 Å². The summed E-state index contributed by atoms with van der Waals surface area (Å²) >= 11 is 0. The van der Waals surface area contributed by atoms with Crippen molar-refractivity contribution in [3.05, 3.63) is 68.9 Å². The molecule has 0 fully saturated rings. The summed E-state index contributed by atoms with van der Waals surface area (Å²) in [5.74, 6) is 0. The summed E-state index contributed by atoms with van der Waals surface area (Å²) in [4.78, 5) is 29.5. The van der Waals surface area contributed by atoms with Gasteiger partial charge in [0.05, 0.1) is 15.8 Å². The average Bonchev–Trinajstić information content (AvgIpc) is 2.60. The van der Waals surface area contributed by atoms with Gasteiger partial charge in [0.2, 0.25) is 10.0 Å². The lowest BCUT2D eigenvalue weighted by atomic mass is 10.2. The van der Waals surface area contributed by atoms with Crippen molar-refractivity contribution in [3.63, 3.8) is 0 Å². The van der Waals surface area contributed by atoms with Crippen LogP contribution in [0.5, 0.6) is 0 Å². The Morgan fingerprint density at radius 2 is 1.69 bits per heavy atom. The molecule has 3 rings (SSSR count). The van der Waals surface area contributed by atoms with Crippen molar-refractivity contribution in [2.24, 2.45) is 0 Å². The minimum absolute atomic E-state index is 0.0486. The molecule has 8 nitrogen and oxygen atoms in total. The van der Waals surface area contributed by atoms with Crippen LogP contribution in [0.4, 0.5) is 5.69 Å². The summed E-state index contributed by atoms with van der Waals surface area (Å²) < 4.78 is 27.5. The summed E-state index contributed by atoms with van der Waals surface area (Å²) in [7, 11) is 0.0375. The van der Waals surface area contributed by atoms with Crippen molar-refractivity contribution in [1.29, 1.82) is 0 Å². The summed E-state index contributed by atoms with van der Waals surface area (Å²) in [5, 5.41) is 0.0998. The molecule has 0 aliphatic heterocycles. The number of nitrogens with one attached hydrogen (secondary N) is 3. The van der Waals surface area contributed by atoms with Crippen LogP contribution in [0.15, 0.2) is 56.9 Å². The number of benzene rings is 2. The zero-order valence-corrected chi connectivity index (χ0v) is 15.1. The highest BCUT2D eigenvalue weighted by atomic mass is 32.2. The van der Waals surface area contributed by atoms with Crippen molar-refractivity contribution in [2.75, 3.05) is 19.0 Å². The van der Waals surface area contributed by atoms with E-state index in [0.717, 1.165) is 11.3 Å². The van der Waals surface area contributed by atoms with Crippen LogP contribution >= 0.6 is 0 Å². The Morgan fingerprint density at radius 3 is 2.35 bits per heavy atom. The van der Waals surface area contributed by atoms with E-state index in [9.17, 15) is 18.0 Å². The van der Waals surface area contributed by atoms with E-state index in [0.29, 0.717) is 0 Å². The first-order valence-corrected chi connectivity index (χ1v) is 9.27. The maximum atomic E-state index is 12.5. The van der Waals surface area contributed by atoms with Crippen LogP contribution in [0.2, 0.25) is 0 Å². The third-order valence-corrected chi connectivity index (χ3v) is 5.34. The fraction of sp³-hybridized carbons (Fsp3) is 0.176. The molecule has 3 aromatic rings. The van der Waals surface area contributed by atoms with Gasteiger partial charge in [-0.25, -0.2) is 17.9 Å². The molecule has 136 valence electrons. The molecule has 0 aliphatic carbocycles. The van der Waals surface area contributed by atoms with Crippen LogP contribution in [-0.2, 0) is 16.6 Å². The largest absolute Gasteiger partial charge is 0.378 e. The monoisotopic (exact) mass is 374 g/mol. The van der Waals surface area contributed by atoms with Crippen molar-refractivity contribution in [3.8, 4) is 0 Å². The second-order valence-electron chi connectivity index (χ2n) is 6.00. The summed E-state index contributed by atoms with van der Waals surface area (Å²) in [6.07, 6.45) is 0. The third kappa shape index (κ3) is 3.68. The number of sulfonamides is 1. The second-order valence-corrected chi connectivity index (χ2v) is 7.77. The minimum atomic E-state index is -3.81. The number of H-pyrrole nitrogens is 2. The molecule has 0 spiro atoms. The smallest absolute Gasteiger partial charge is 0.326 e. The van der Waals surface area contributed by atoms with E-state index in [1.54, 1.807) is 0 Å². The first-order valence-electron chi connectivity index (χ1n) is 7.78. The van der Waals surface area contributed by atoms with Crippen LogP contribution in [0.25, 0.3) is 10.9 Å². The maximum Gasteiger partial charge on any atom is 0.326 e. The molecule has 0 aliphatic rings. The third-order valence-electron chi connectivity index (χ3n) is 3.94. The highest BCUT2D eigenvalue weighted by molar-refractivity contribution is 7.89. The van der Waals surface area contributed by atoms with Gasteiger partial charge in [-0.15, -0.1) is 0 Å². The van der Waals surface area contributed by atoms with Gasteiger partial charge in [-0.1, -0.05) is 12.1 Å². The lowest BCUT2D eigenvalue weighted by Gasteiger charge is -2.13. The van der Waals surface area contributed by atoms with Crippen LogP contribution in [0.3, 0.4) is 0 Å². The Bertz CT molecular complexity index is 1160. The topological polar surface area (TPSA) is 115 Å². The first-order chi connectivity index (χ1) is 12.3. The van der Waals surface area contributed by atoms with E-state index in [1.807, 2.05) is 43.3 Å². The molecule has 0 atom stereocenters. The SMILES string of the molecule is CN(C)c1ccc(CNS(=O)(=O)c2ccc3[nH]c(=O)[nH]c(=O)c3c2)cc1. The molecule has 1 heterocycles. The molecule has 0 unspecified atom stereocenters. The quantitative estimate of drug-likeness (QED) is 0.610. The van der Waals surface area contributed by atoms with E-state index < -0.39 is 21.3 Å². The molecule has 1 aromatic heterocycles. The molecule has 0 amide bonds. The van der Waals surface area contributed by atoms with E-state index >= 15 is 0 Å². The fourth-order valence-electron chi connectivity index (χ4n) is 2.49. The zero-order chi connectivity index (χ0) is 18.9. The molecule has 9 heteroatoms. The molecule has 0 saturated carbocycles. The van der Waals surface area contributed by atoms with Gasteiger partial charge in [0, 0.05) is 26.3 Å². The predicted octanol–water partition coefficient (Wildman–Crippen LogP) is 0.761. The predicted molar refractivity (Wildman–Crippen MR) is 100.0 cm³/mol. The Kier molecular flexibility index (Phi) is 4.66. The van der Waals surface area contributed by atoms with Crippen molar-refractivity contribution in [2.45, 2.75) is 11.4 Å². The van der Waals surface area contributed by atoms with Crippen molar-refractivity contribution >= 4 is 26.6 Å². The highest BCUT2D eigenvalue weighted by Gasteiger charge is 2.15. The molecule has 26 heavy (non-hydrogen) atoms. The Morgan fingerprint density at radius 1 is 1.00 bits per heavy atom. The van der Waals surface area contributed by atoms with Gasteiger partial charge in [-0.3, -0.25) is 9.78 Å². The highest BCUT2D eigenvalue weighted by Crippen LogP contribution is 2.16. The number of anilines is 1. The Labute approximate surface area is 149 Å². The normalized spacial score (nSPS) is 11.6. The number of hydrogen-bond acceptors (Lipinski definition) is 5. The lowest BCUT2D eigenvalue weighted by Crippen LogP contribution is -2.25. The van der Waals surface area contributed by atoms with Gasteiger partial charge < -0.3 is 9.88 Å². The zero-order valence-electron chi connectivity index (χ0n) is 14.2. The number of nitrogens with zero attached hydrogens (tertiary/aromatic N) is 1. The Hall–Kier alpha value is -2.91. The Balaban J connectivity index is 1.85. The first kappa shape index (κ1) is 17.9. The van der Waals surface area contributed by atoms with Crippen LogP contribution in [0.1, 0.15) is 5.56 Å². The number of aromatic amines is 2. The van der Waals surface area contributed by atoms with E-state index in [4.69, 9.17) is 0 Å². The van der Waals surface area contributed by atoms with Gasteiger partial charge in [0.1, 0.15) is 0 Å². The second kappa shape index (κ2) is 6.77. The van der Waals surface area contributed by atoms with E-state index in [2.05, 4.69) is 14.7 Å². The van der Waals surface area contributed by atoms with E-state index in [1.165, 1.54) is 18.2 Å². The van der Waals surface area contributed by atoms with Crippen molar-refractivity contribution < 1.29 is 8.42 Å². The van der Waals surface area contributed by atoms with Gasteiger partial charge in [0.15, 0.2) is 0 Å². The summed E-state index contributed by atoms with van der Waals surface area (Å²) in [6.45, 7) is 0.121. The molecule has 0 radical (unpaired) electrons. The van der Waals surface area contributed by atoms with Crippen molar-refractivity contribution in [1.82, 2.24) is 14.7 Å². The number of fused-ring (bicyclic) bond motifs is 1. The lowest BCUT2D eigenvalue weighted by molar-refractivity contribution is 0.581. The molecule has 3 N–H and O–H groups in total. The minimum Gasteiger partial charge on any atom is -0.378 e. The molecule has 0 saturated heterocycles. The molecule has 0 bridgehead atoms. The van der Waals surface area contributed by atoms with Crippen LogP contribution in [-0.4, -0.2) is 32.5 Å².